The summed E-state index contributed by atoms with van der Waals surface area (Å²) >= 11 is 0. The molecule has 0 saturated carbocycles. The topological polar surface area (TPSA) is 66.8 Å². The number of rotatable bonds is 1. The number of carbonyl (C=O) groups excluding carboxylic acids is 1. The Hall–Kier alpha value is -2.49. The Labute approximate surface area is 109 Å². The first-order valence-electron chi connectivity index (χ1n) is 5.93. The monoisotopic (exact) mass is 256 g/mol. The number of allylic oxidation sites excluding steroid dienone is 2. The van der Waals surface area contributed by atoms with Crippen molar-refractivity contribution in [2.75, 3.05) is 0 Å². The Morgan fingerprint density at radius 1 is 1.11 bits per heavy atom. The van der Waals surface area contributed by atoms with Crippen LogP contribution < -0.4 is 0 Å². The zero-order chi connectivity index (χ0) is 13.4. The largest absolute Gasteiger partial charge is 0.508 e. The molecule has 1 aliphatic heterocycles. The van der Waals surface area contributed by atoms with Crippen LogP contribution in [-0.2, 0) is 9.53 Å². The molecule has 1 heterocycles. The van der Waals surface area contributed by atoms with Crippen molar-refractivity contribution in [2.45, 2.75) is 6.10 Å². The quantitative estimate of drug-likeness (QED) is 0.809. The maximum Gasteiger partial charge on any atom is 0.177 e. The van der Waals surface area contributed by atoms with Crippen LogP contribution in [0.1, 0.15) is 5.56 Å². The van der Waals surface area contributed by atoms with Gasteiger partial charge in [0.1, 0.15) is 17.6 Å². The van der Waals surface area contributed by atoms with Gasteiger partial charge < -0.3 is 14.9 Å². The van der Waals surface area contributed by atoms with Gasteiger partial charge in [-0.15, -0.1) is 0 Å². The van der Waals surface area contributed by atoms with Gasteiger partial charge in [0.2, 0.25) is 0 Å². The highest BCUT2D eigenvalue weighted by molar-refractivity contribution is 6.22. The zero-order valence-corrected chi connectivity index (χ0v) is 9.98. The van der Waals surface area contributed by atoms with Crippen molar-refractivity contribution >= 4 is 11.4 Å². The van der Waals surface area contributed by atoms with Crippen LogP contribution in [0.5, 0.6) is 5.75 Å². The summed E-state index contributed by atoms with van der Waals surface area (Å²) in [4.78, 5) is 12.4. The summed E-state index contributed by atoms with van der Waals surface area (Å²) in [7, 11) is 0. The van der Waals surface area contributed by atoms with E-state index in [9.17, 15) is 15.0 Å². The van der Waals surface area contributed by atoms with Crippen LogP contribution in [0.3, 0.4) is 0 Å². The minimum Gasteiger partial charge on any atom is -0.508 e. The molecule has 0 saturated heterocycles. The average Bonchev–Trinajstić information content (AvgIpc) is 2.40. The lowest BCUT2D eigenvalue weighted by molar-refractivity contribution is -0.119. The number of fused-ring (bicyclic) bond motifs is 1. The Balaban J connectivity index is 1.95. The second kappa shape index (κ2) is 4.31. The van der Waals surface area contributed by atoms with Crippen molar-refractivity contribution < 1.29 is 19.7 Å². The fourth-order valence-corrected chi connectivity index (χ4v) is 2.24. The maximum atomic E-state index is 12.4. The highest BCUT2D eigenvalue weighted by atomic mass is 16.5. The number of aliphatic hydroxyl groups is 1. The third-order valence-corrected chi connectivity index (χ3v) is 3.25. The second-order valence-electron chi connectivity index (χ2n) is 4.52. The summed E-state index contributed by atoms with van der Waals surface area (Å²) in [6.45, 7) is 0. The van der Waals surface area contributed by atoms with Gasteiger partial charge in [-0.2, -0.15) is 0 Å². The number of phenols is 1. The lowest BCUT2D eigenvalue weighted by atomic mass is 9.85. The van der Waals surface area contributed by atoms with Gasteiger partial charge in [-0.1, -0.05) is 18.2 Å². The SMILES string of the molecule is O=C1C(c2ccc(O)cc2)=COC2C=C(O)C=CC12. The number of aliphatic hydroxyl groups excluding tert-OH is 1. The molecule has 1 aromatic carbocycles. The van der Waals surface area contributed by atoms with Crippen molar-refractivity contribution in [3.63, 3.8) is 0 Å². The van der Waals surface area contributed by atoms with Crippen molar-refractivity contribution in [3.05, 3.63) is 60.1 Å². The van der Waals surface area contributed by atoms with E-state index in [2.05, 4.69) is 0 Å². The number of aromatic hydroxyl groups is 1. The summed E-state index contributed by atoms with van der Waals surface area (Å²) in [5.41, 5.74) is 1.18. The second-order valence-corrected chi connectivity index (χ2v) is 4.52. The molecular weight excluding hydrogens is 244 g/mol. The summed E-state index contributed by atoms with van der Waals surface area (Å²) in [6, 6.07) is 6.39. The summed E-state index contributed by atoms with van der Waals surface area (Å²) in [5.74, 6) is -0.209. The lowest BCUT2D eigenvalue weighted by Crippen LogP contribution is -2.33. The zero-order valence-electron chi connectivity index (χ0n) is 9.98. The van der Waals surface area contributed by atoms with E-state index in [1.165, 1.54) is 30.5 Å². The molecule has 2 atom stereocenters. The standard InChI is InChI=1S/C15H12O4/c16-10-3-1-9(2-4-10)13-8-19-14-7-11(17)5-6-12(14)15(13)18/h1-8,12,14,16-17H. The normalized spacial score (nSPS) is 25.2. The fourth-order valence-electron chi connectivity index (χ4n) is 2.24. The van der Waals surface area contributed by atoms with Gasteiger partial charge >= 0.3 is 0 Å². The molecule has 1 aromatic rings. The number of benzene rings is 1. The fraction of sp³-hybridized carbons (Fsp3) is 0.133. The molecule has 3 rings (SSSR count). The smallest absolute Gasteiger partial charge is 0.177 e. The minimum absolute atomic E-state index is 0.0538. The van der Waals surface area contributed by atoms with Crippen molar-refractivity contribution in [2.24, 2.45) is 5.92 Å². The number of ketones is 1. The predicted octanol–water partition coefficient (Wildman–Crippen LogP) is 2.33. The summed E-state index contributed by atoms with van der Waals surface area (Å²) < 4.78 is 5.49. The van der Waals surface area contributed by atoms with Gasteiger partial charge in [-0.25, -0.2) is 0 Å². The summed E-state index contributed by atoms with van der Waals surface area (Å²) in [6.07, 6.45) is 5.64. The Bertz CT molecular complexity index is 608. The van der Waals surface area contributed by atoms with Crippen LogP contribution in [0, 0.1) is 5.92 Å². The van der Waals surface area contributed by atoms with Crippen molar-refractivity contribution in [3.8, 4) is 5.75 Å². The highest BCUT2D eigenvalue weighted by Crippen LogP contribution is 2.32. The highest BCUT2D eigenvalue weighted by Gasteiger charge is 2.34. The van der Waals surface area contributed by atoms with Gasteiger partial charge in [-0.05, 0) is 29.8 Å². The molecule has 4 heteroatoms. The molecule has 0 bridgehead atoms. The molecule has 2 aliphatic rings. The number of hydrogen-bond acceptors (Lipinski definition) is 4. The molecule has 0 fully saturated rings. The molecular formula is C15H12O4. The first-order chi connectivity index (χ1) is 9.15. The number of Topliss-reactive ketones (excluding diaryl/α,β-unsaturated/α-hetero) is 1. The van der Waals surface area contributed by atoms with E-state index in [-0.39, 0.29) is 17.3 Å². The molecule has 4 nitrogen and oxygen atoms in total. The van der Waals surface area contributed by atoms with Gasteiger partial charge in [0.05, 0.1) is 17.8 Å². The van der Waals surface area contributed by atoms with Crippen LogP contribution in [0.25, 0.3) is 5.57 Å². The molecule has 96 valence electrons. The van der Waals surface area contributed by atoms with Crippen LogP contribution in [0.4, 0.5) is 0 Å². The number of ether oxygens (including phenoxy) is 1. The van der Waals surface area contributed by atoms with E-state index in [1.807, 2.05) is 0 Å². The van der Waals surface area contributed by atoms with Crippen LogP contribution in [0.2, 0.25) is 0 Å². The molecule has 0 radical (unpaired) electrons. The number of hydrogen-bond donors (Lipinski definition) is 2. The number of carbonyl (C=O) groups is 1. The number of phenolic OH excluding ortho intramolecular Hbond substituents is 1. The first kappa shape index (κ1) is 11.6. The van der Waals surface area contributed by atoms with E-state index in [0.717, 1.165) is 0 Å². The Morgan fingerprint density at radius 2 is 1.84 bits per heavy atom. The van der Waals surface area contributed by atoms with E-state index >= 15 is 0 Å². The Morgan fingerprint density at radius 3 is 2.58 bits per heavy atom. The predicted molar refractivity (Wildman–Crippen MR) is 69.3 cm³/mol. The van der Waals surface area contributed by atoms with Gasteiger partial charge in [0.15, 0.2) is 5.78 Å². The van der Waals surface area contributed by atoms with E-state index in [1.54, 1.807) is 18.2 Å². The van der Waals surface area contributed by atoms with Gasteiger partial charge in [-0.3, -0.25) is 4.79 Å². The van der Waals surface area contributed by atoms with E-state index < -0.39 is 12.0 Å². The van der Waals surface area contributed by atoms with Gasteiger partial charge in [0, 0.05) is 0 Å². The van der Waals surface area contributed by atoms with Crippen LogP contribution in [-0.4, -0.2) is 22.1 Å². The summed E-state index contributed by atoms with van der Waals surface area (Å²) in [5, 5.41) is 18.6. The van der Waals surface area contributed by atoms with Crippen molar-refractivity contribution in [1.29, 1.82) is 0 Å². The van der Waals surface area contributed by atoms with Crippen molar-refractivity contribution in [1.82, 2.24) is 0 Å². The molecule has 0 aromatic heterocycles. The molecule has 2 N–H and O–H groups in total. The third kappa shape index (κ3) is 2.01. The Kier molecular flexibility index (Phi) is 2.63. The third-order valence-electron chi connectivity index (χ3n) is 3.25. The van der Waals surface area contributed by atoms with E-state index in [4.69, 9.17) is 4.74 Å². The molecule has 0 amide bonds. The average molecular weight is 256 g/mol. The lowest BCUT2D eigenvalue weighted by Gasteiger charge is -2.28. The molecule has 1 aliphatic carbocycles. The van der Waals surface area contributed by atoms with Gasteiger partial charge in [0.25, 0.3) is 0 Å². The molecule has 19 heavy (non-hydrogen) atoms. The maximum absolute atomic E-state index is 12.4. The van der Waals surface area contributed by atoms with Crippen LogP contribution >= 0.6 is 0 Å². The first-order valence-corrected chi connectivity index (χ1v) is 5.93. The minimum atomic E-state index is -0.446. The van der Waals surface area contributed by atoms with E-state index in [0.29, 0.717) is 11.1 Å². The molecule has 2 unspecified atom stereocenters. The molecule has 0 spiro atoms. The van der Waals surface area contributed by atoms with Crippen LogP contribution in [0.15, 0.2) is 54.5 Å².